The van der Waals surface area contributed by atoms with E-state index in [1.54, 1.807) is 6.92 Å². The van der Waals surface area contributed by atoms with E-state index in [9.17, 15) is 4.57 Å². The predicted molar refractivity (Wildman–Crippen MR) is 44.9 cm³/mol. The van der Waals surface area contributed by atoms with Gasteiger partial charge in [-0.25, -0.2) is 4.57 Å². The van der Waals surface area contributed by atoms with Crippen LogP contribution in [0.15, 0.2) is 11.8 Å². The fourth-order valence-electron chi connectivity index (χ4n) is 0.314. The molecule has 0 atom stereocenters. The lowest BCUT2D eigenvalue weighted by molar-refractivity contribution is 0.431. The Bertz CT molecular complexity index is 173. The van der Waals surface area contributed by atoms with E-state index in [1.807, 2.05) is 0 Å². The van der Waals surface area contributed by atoms with Gasteiger partial charge in [-0.05, 0) is 13.0 Å². The molecule has 0 aliphatic heterocycles. The van der Waals surface area contributed by atoms with Crippen LogP contribution in [-0.2, 0) is 9.09 Å². The zero-order chi connectivity index (χ0) is 8.20. The van der Waals surface area contributed by atoms with E-state index < -0.39 is 6.07 Å². The minimum Gasteiger partial charge on any atom is -0.427 e. The first-order valence-corrected chi connectivity index (χ1v) is 6.34. The minimum atomic E-state index is -3.43. The highest BCUT2D eigenvalue weighted by Crippen LogP contribution is 2.59. The molecule has 0 spiro atoms. The molecule has 0 aliphatic rings. The molecule has 0 aliphatic carbocycles. The van der Waals surface area contributed by atoms with Gasteiger partial charge in [-0.1, -0.05) is 0 Å². The van der Waals surface area contributed by atoms with Crippen molar-refractivity contribution in [3.05, 3.63) is 11.8 Å². The average Bonchev–Trinajstić information content (AvgIpc) is 1.59. The second-order valence-electron chi connectivity index (χ2n) is 1.47. The third-order valence-electron chi connectivity index (χ3n) is 0.615. The summed E-state index contributed by atoms with van der Waals surface area (Å²) >= 11 is 15.5. The number of rotatable bonds is 3. The Morgan fingerprint density at radius 1 is 1.70 bits per heavy atom. The van der Waals surface area contributed by atoms with Crippen LogP contribution < -0.4 is 0 Å². The molecule has 0 heterocycles. The van der Waals surface area contributed by atoms with Crippen molar-refractivity contribution in [3.63, 3.8) is 0 Å². The van der Waals surface area contributed by atoms with Gasteiger partial charge in [-0.3, -0.25) is 0 Å². The van der Waals surface area contributed by atoms with Crippen molar-refractivity contribution in [1.29, 1.82) is 0 Å². The highest BCUT2D eigenvalue weighted by Gasteiger charge is 2.14. The van der Waals surface area contributed by atoms with Gasteiger partial charge in [0.1, 0.15) is 0 Å². The molecule has 0 aromatic carbocycles. The van der Waals surface area contributed by atoms with Crippen LogP contribution >= 0.6 is 40.2 Å². The summed E-state index contributed by atoms with van der Waals surface area (Å²) in [6, 6.07) is 0. The third-order valence-corrected chi connectivity index (χ3v) is 1.68. The maximum absolute atomic E-state index is 10.5. The van der Waals surface area contributed by atoms with Crippen LogP contribution in [0.3, 0.4) is 0 Å². The minimum absolute atomic E-state index is 0.277. The largest absolute Gasteiger partial charge is 0.427 e. The Kier molecular flexibility index (Phi) is 4.79. The molecule has 10 heavy (non-hydrogen) atoms. The summed E-state index contributed by atoms with van der Waals surface area (Å²) < 4.78 is 15.1. The van der Waals surface area contributed by atoms with E-state index in [1.165, 1.54) is 6.08 Å². The molecule has 0 aromatic heterocycles. The topological polar surface area (TPSA) is 26.3 Å². The van der Waals surface area contributed by atoms with Crippen LogP contribution in [0, 0.1) is 0 Å². The van der Waals surface area contributed by atoms with Gasteiger partial charge in [0.25, 0.3) is 0 Å². The van der Waals surface area contributed by atoms with E-state index in [4.69, 9.17) is 34.1 Å². The molecule has 0 bridgehead atoms. The Hall–Kier alpha value is 0.640. The maximum Gasteiger partial charge on any atom is 0.427 e. The van der Waals surface area contributed by atoms with Crippen LogP contribution in [-0.4, -0.2) is 5.88 Å². The molecule has 0 fully saturated rings. The molecule has 0 amide bonds. The van der Waals surface area contributed by atoms with Crippen molar-refractivity contribution >= 4 is 40.2 Å². The van der Waals surface area contributed by atoms with Gasteiger partial charge in [-0.15, -0.1) is 11.6 Å². The maximum atomic E-state index is 10.5. The highest BCUT2D eigenvalue weighted by atomic mass is 35.9. The third kappa shape index (κ3) is 6.76. The molecule has 0 unspecified atom stereocenters. The Morgan fingerprint density at radius 3 is 2.50 bits per heavy atom. The summed E-state index contributed by atoms with van der Waals surface area (Å²) in [6.45, 7) is 1.57. The SMILES string of the molecule is C/C(=C\CCl)OP(=O)(Cl)Cl. The second-order valence-corrected chi connectivity index (χ2v) is 5.98. The normalized spacial score (nSPS) is 13.4. The van der Waals surface area contributed by atoms with Crippen molar-refractivity contribution in [2.45, 2.75) is 6.92 Å². The van der Waals surface area contributed by atoms with Crippen LogP contribution in [0.25, 0.3) is 0 Å². The quantitative estimate of drug-likeness (QED) is 0.414. The summed E-state index contributed by atoms with van der Waals surface area (Å²) in [7, 11) is 0. The number of hydrogen-bond donors (Lipinski definition) is 0. The molecule has 0 N–H and O–H groups in total. The number of hydrogen-bond acceptors (Lipinski definition) is 2. The van der Waals surface area contributed by atoms with Crippen molar-refractivity contribution in [3.8, 4) is 0 Å². The van der Waals surface area contributed by atoms with Crippen LogP contribution in [0.2, 0.25) is 0 Å². The van der Waals surface area contributed by atoms with Crippen molar-refractivity contribution in [2.75, 3.05) is 5.88 Å². The zero-order valence-corrected chi connectivity index (χ0v) is 8.34. The molecule has 0 saturated carbocycles. The van der Waals surface area contributed by atoms with Crippen molar-refractivity contribution in [1.82, 2.24) is 0 Å². The van der Waals surface area contributed by atoms with Gasteiger partial charge in [0.15, 0.2) is 0 Å². The summed E-state index contributed by atoms with van der Waals surface area (Å²) in [5.41, 5.74) is 0. The molecule has 60 valence electrons. The van der Waals surface area contributed by atoms with Crippen LogP contribution in [0.5, 0.6) is 0 Å². The van der Waals surface area contributed by atoms with Gasteiger partial charge in [-0.2, -0.15) is 0 Å². The molecular formula is C4H6Cl3O2P. The average molecular weight is 223 g/mol. The standard InChI is InChI=1S/C4H6Cl3O2P/c1-4(2-3-5)9-10(6,7)8/h2H,3H2,1H3/b4-2+. The predicted octanol–water partition coefficient (Wildman–Crippen LogP) is 3.73. The first-order chi connectivity index (χ1) is 4.45. The van der Waals surface area contributed by atoms with Gasteiger partial charge < -0.3 is 4.52 Å². The van der Waals surface area contributed by atoms with Gasteiger partial charge in [0, 0.05) is 28.4 Å². The number of allylic oxidation sites excluding steroid dienone is 2. The zero-order valence-electron chi connectivity index (χ0n) is 5.18. The monoisotopic (exact) mass is 222 g/mol. The van der Waals surface area contributed by atoms with Gasteiger partial charge >= 0.3 is 6.07 Å². The lowest BCUT2D eigenvalue weighted by atomic mass is 10.5. The van der Waals surface area contributed by atoms with E-state index >= 15 is 0 Å². The van der Waals surface area contributed by atoms with Crippen molar-refractivity contribution in [2.24, 2.45) is 0 Å². The molecule has 6 heteroatoms. The van der Waals surface area contributed by atoms with E-state index in [2.05, 4.69) is 4.52 Å². The van der Waals surface area contributed by atoms with E-state index in [0.29, 0.717) is 5.76 Å². The van der Waals surface area contributed by atoms with Crippen LogP contribution in [0.1, 0.15) is 6.92 Å². The second kappa shape index (κ2) is 4.50. The van der Waals surface area contributed by atoms with E-state index in [-0.39, 0.29) is 5.88 Å². The van der Waals surface area contributed by atoms with E-state index in [0.717, 1.165) is 0 Å². The Morgan fingerprint density at radius 2 is 2.20 bits per heavy atom. The molecule has 0 saturated heterocycles. The van der Waals surface area contributed by atoms with Gasteiger partial charge in [0.2, 0.25) is 0 Å². The van der Waals surface area contributed by atoms with Gasteiger partial charge in [0.05, 0.1) is 5.76 Å². The summed E-state index contributed by atoms with van der Waals surface area (Å²) in [5.74, 6) is 0.642. The lowest BCUT2D eigenvalue weighted by Gasteiger charge is -2.04. The summed E-state index contributed by atoms with van der Waals surface area (Å²) in [4.78, 5) is 0. The lowest BCUT2D eigenvalue weighted by Crippen LogP contribution is -1.78. The van der Waals surface area contributed by atoms with Crippen molar-refractivity contribution < 1.29 is 9.09 Å². The molecular weight excluding hydrogens is 217 g/mol. The smallest absolute Gasteiger partial charge is 0.427 e. The number of alkyl halides is 1. The molecule has 0 radical (unpaired) electrons. The fraction of sp³-hybridized carbons (Fsp3) is 0.500. The first kappa shape index (κ1) is 10.6. The summed E-state index contributed by atoms with van der Waals surface area (Å²) in [6.07, 6.45) is -1.92. The fourth-order valence-corrected chi connectivity index (χ4v) is 1.59. The summed E-state index contributed by atoms with van der Waals surface area (Å²) in [5, 5.41) is 0. The Labute approximate surface area is 74.1 Å². The first-order valence-electron chi connectivity index (χ1n) is 2.37. The Balaban J connectivity index is 3.92. The molecule has 0 aromatic rings. The molecule has 2 nitrogen and oxygen atoms in total. The van der Waals surface area contributed by atoms with Crippen LogP contribution in [0.4, 0.5) is 0 Å². The highest BCUT2D eigenvalue weighted by molar-refractivity contribution is 8.05. The number of halogens is 3. The molecule has 0 rings (SSSR count).